The van der Waals surface area contributed by atoms with Crippen molar-refractivity contribution < 1.29 is 9.47 Å². The number of hydrogen-bond donors (Lipinski definition) is 1. The number of aryl methyl sites for hydroxylation is 1. The highest BCUT2D eigenvalue weighted by atomic mass is 79.9. The topological polar surface area (TPSA) is 43.4 Å². The number of anilines is 1. The van der Waals surface area contributed by atoms with Gasteiger partial charge in [-0.2, -0.15) is 0 Å². The van der Waals surface area contributed by atoms with Gasteiger partial charge in [0, 0.05) is 17.2 Å². The number of nitrogens with zero attached hydrogens (tertiary/aromatic N) is 1. The Morgan fingerprint density at radius 1 is 1.25 bits per heavy atom. The molecule has 0 atom stereocenters. The highest BCUT2D eigenvalue weighted by Crippen LogP contribution is 2.32. The van der Waals surface area contributed by atoms with Crippen molar-refractivity contribution in [1.82, 2.24) is 4.98 Å². The van der Waals surface area contributed by atoms with Gasteiger partial charge < -0.3 is 14.8 Å². The summed E-state index contributed by atoms with van der Waals surface area (Å²) in [6.45, 7) is 3.19. The first kappa shape index (κ1) is 13.2. The second-order valence-corrected chi connectivity index (χ2v) is 5.60. The van der Waals surface area contributed by atoms with Gasteiger partial charge in [0.15, 0.2) is 11.5 Å². The molecule has 104 valence electrons. The van der Waals surface area contributed by atoms with Crippen LogP contribution >= 0.6 is 15.9 Å². The van der Waals surface area contributed by atoms with Crippen LogP contribution in [0, 0.1) is 6.92 Å². The summed E-state index contributed by atoms with van der Waals surface area (Å²) >= 11 is 3.41. The highest BCUT2D eigenvalue weighted by molar-refractivity contribution is 9.10. The molecule has 2 aromatic rings. The predicted molar refractivity (Wildman–Crippen MR) is 81.4 cm³/mol. The van der Waals surface area contributed by atoms with Gasteiger partial charge in [0.25, 0.3) is 0 Å². The second kappa shape index (κ2) is 5.71. The van der Waals surface area contributed by atoms with E-state index in [4.69, 9.17) is 9.47 Å². The number of rotatable bonds is 4. The summed E-state index contributed by atoms with van der Waals surface area (Å²) in [5.41, 5.74) is 2.35. The summed E-state index contributed by atoms with van der Waals surface area (Å²) in [7, 11) is 0. The van der Waals surface area contributed by atoms with Crippen LogP contribution in [0.3, 0.4) is 0 Å². The van der Waals surface area contributed by atoms with Gasteiger partial charge >= 0.3 is 0 Å². The van der Waals surface area contributed by atoms with Gasteiger partial charge in [-0.3, -0.25) is 0 Å². The molecule has 0 saturated carbocycles. The molecule has 5 heteroatoms. The van der Waals surface area contributed by atoms with Crippen LogP contribution in [0.25, 0.3) is 0 Å². The minimum atomic E-state index is 0.318. The third-order valence-corrected chi connectivity index (χ3v) is 3.62. The van der Waals surface area contributed by atoms with Gasteiger partial charge in [0.1, 0.15) is 5.82 Å². The number of pyridine rings is 1. The number of fused-ring (bicyclic) bond motifs is 1. The van der Waals surface area contributed by atoms with Gasteiger partial charge in [-0.05, 0) is 58.6 Å². The van der Waals surface area contributed by atoms with E-state index in [9.17, 15) is 0 Å². The average Bonchev–Trinajstić information content (AvgIpc) is 2.89. The maximum Gasteiger partial charge on any atom is 0.231 e. The first-order valence-electron chi connectivity index (χ1n) is 6.47. The summed E-state index contributed by atoms with van der Waals surface area (Å²) in [4.78, 5) is 4.36. The van der Waals surface area contributed by atoms with Crippen LogP contribution in [0.4, 0.5) is 5.82 Å². The minimum Gasteiger partial charge on any atom is -0.454 e. The van der Waals surface area contributed by atoms with Crippen LogP contribution in [0.15, 0.2) is 34.9 Å². The van der Waals surface area contributed by atoms with Gasteiger partial charge in [-0.1, -0.05) is 6.07 Å². The Hall–Kier alpha value is -1.75. The smallest absolute Gasteiger partial charge is 0.231 e. The van der Waals surface area contributed by atoms with Crippen molar-refractivity contribution in [2.75, 3.05) is 18.7 Å². The van der Waals surface area contributed by atoms with Crippen molar-refractivity contribution in [3.8, 4) is 11.5 Å². The molecule has 0 saturated heterocycles. The van der Waals surface area contributed by atoms with E-state index in [1.54, 1.807) is 6.20 Å². The Balaban J connectivity index is 1.60. The molecule has 0 amide bonds. The fourth-order valence-corrected chi connectivity index (χ4v) is 2.59. The number of hydrogen-bond acceptors (Lipinski definition) is 4. The van der Waals surface area contributed by atoms with Gasteiger partial charge in [-0.25, -0.2) is 4.98 Å². The number of ether oxygens (including phenoxy) is 2. The second-order valence-electron chi connectivity index (χ2n) is 4.68. The lowest BCUT2D eigenvalue weighted by atomic mass is 10.1. The molecule has 1 N–H and O–H groups in total. The summed E-state index contributed by atoms with van der Waals surface area (Å²) in [5, 5.41) is 3.35. The van der Waals surface area contributed by atoms with Crippen molar-refractivity contribution >= 4 is 21.7 Å². The minimum absolute atomic E-state index is 0.318. The van der Waals surface area contributed by atoms with Crippen LogP contribution in [0.5, 0.6) is 11.5 Å². The molecule has 2 heterocycles. The van der Waals surface area contributed by atoms with Crippen molar-refractivity contribution in [2.24, 2.45) is 0 Å². The van der Waals surface area contributed by atoms with Crippen LogP contribution in [0.2, 0.25) is 0 Å². The number of benzene rings is 1. The molecule has 0 aliphatic carbocycles. The largest absolute Gasteiger partial charge is 0.454 e. The molecule has 0 spiro atoms. The van der Waals surface area contributed by atoms with Crippen LogP contribution in [-0.2, 0) is 6.42 Å². The standard InChI is InChI=1S/C15H15BrN2O2/c1-10-6-12(16)8-18-15(10)17-5-4-11-2-3-13-14(7-11)20-9-19-13/h2-3,6-8H,4-5,9H2,1H3,(H,17,18). The summed E-state index contributed by atoms with van der Waals surface area (Å²) in [6, 6.07) is 8.11. The Morgan fingerprint density at radius 2 is 2.10 bits per heavy atom. The molecule has 0 fully saturated rings. The monoisotopic (exact) mass is 334 g/mol. The average molecular weight is 335 g/mol. The molecular weight excluding hydrogens is 320 g/mol. The molecular formula is C15H15BrN2O2. The molecule has 3 rings (SSSR count). The SMILES string of the molecule is Cc1cc(Br)cnc1NCCc1ccc2c(c1)OCO2. The molecule has 0 unspecified atom stereocenters. The molecule has 4 nitrogen and oxygen atoms in total. The zero-order valence-electron chi connectivity index (χ0n) is 11.1. The van der Waals surface area contributed by atoms with E-state index in [0.717, 1.165) is 40.3 Å². The van der Waals surface area contributed by atoms with E-state index in [1.165, 1.54) is 5.56 Å². The molecule has 0 radical (unpaired) electrons. The molecule has 0 bridgehead atoms. The van der Waals surface area contributed by atoms with Crippen molar-refractivity contribution in [2.45, 2.75) is 13.3 Å². The van der Waals surface area contributed by atoms with Gasteiger partial charge in [0.2, 0.25) is 6.79 Å². The Bertz CT molecular complexity index is 631. The van der Waals surface area contributed by atoms with E-state index in [2.05, 4.69) is 38.4 Å². The lowest BCUT2D eigenvalue weighted by Crippen LogP contribution is -2.07. The van der Waals surface area contributed by atoms with Crippen LogP contribution < -0.4 is 14.8 Å². The quantitative estimate of drug-likeness (QED) is 0.928. The fraction of sp³-hybridized carbons (Fsp3) is 0.267. The third-order valence-electron chi connectivity index (χ3n) is 3.19. The van der Waals surface area contributed by atoms with Gasteiger partial charge in [-0.15, -0.1) is 0 Å². The summed E-state index contributed by atoms with van der Waals surface area (Å²) in [6.07, 6.45) is 2.71. The van der Waals surface area contributed by atoms with Crippen molar-refractivity contribution in [3.05, 3.63) is 46.1 Å². The van der Waals surface area contributed by atoms with Gasteiger partial charge in [0.05, 0.1) is 0 Å². The third kappa shape index (κ3) is 2.88. The zero-order chi connectivity index (χ0) is 13.9. The molecule has 1 aromatic heterocycles. The molecule has 20 heavy (non-hydrogen) atoms. The number of aromatic nitrogens is 1. The normalized spacial score (nSPS) is 12.5. The zero-order valence-corrected chi connectivity index (χ0v) is 12.7. The lowest BCUT2D eigenvalue weighted by Gasteiger charge is -2.09. The van der Waals surface area contributed by atoms with E-state index < -0.39 is 0 Å². The Labute approximate surface area is 126 Å². The highest BCUT2D eigenvalue weighted by Gasteiger charge is 2.12. The predicted octanol–water partition coefficient (Wildman–Crippen LogP) is 3.54. The van der Waals surface area contributed by atoms with E-state index in [-0.39, 0.29) is 0 Å². The number of halogens is 1. The van der Waals surface area contributed by atoms with Crippen LogP contribution in [0.1, 0.15) is 11.1 Å². The first-order chi connectivity index (χ1) is 9.72. The fourth-order valence-electron chi connectivity index (χ4n) is 2.15. The van der Waals surface area contributed by atoms with Crippen molar-refractivity contribution in [1.29, 1.82) is 0 Å². The first-order valence-corrected chi connectivity index (χ1v) is 7.26. The van der Waals surface area contributed by atoms with E-state index in [0.29, 0.717) is 6.79 Å². The summed E-state index contributed by atoms with van der Waals surface area (Å²) in [5.74, 6) is 2.58. The van der Waals surface area contributed by atoms with E-state index >= 15 is 0 Å². The van der Waals surface area contributed by atoms with E-state index in [1.807, 2.05) is 19.1 Å². The number of nitrogens with one attached hydrogen (secondary N) is 1. The van der Waals surface area contributed by atoms with Crippen LogP contribution in [-0.4, -0.2) is 18.3 Å². The summed E-state index contributed by atoms with van der Waals surface area (Å²) < 4.78 is 11.7. The maximum atomic E-state index is 5.38. The molecule has 1 aliphatic heterocycles. The Morgan fingerprint density at radius 3 is 2.95 bits per heavy atom. The maximum absolute atomic E-state index is 5.38. The molecule has 1 aliphatic rings. The lowest BCUT2D eigenvalue weighted by molar-refractivity contribution is 0.174. The van der Waals surface area contributed by atoms with Crippen molar-refractivity contribution in [3.63, 3.8) is 0 Å². The Kier molecular flexibility index (Phi) is 3.78. The molecule has 1 aromatic carbocycles.